The van der Waals surface area contributed by atoms with E-state index < -0.39 is 0 Å². The molecule has 0 aliphatic rings. The van der Waals surface area contributed by atoms with Gasteiger partial charge in [-0.1, -0.05) is 30.3 Å². The van der Waals surface area contributed by atoms with Crippen molar-refractivity contribution in [3.63, 3.8) is 0 Å². The highest BCUT2D eigenvalue weighted by molar-refractivity contribution is 5.92. The Balaban J connectivity index is 1.65. The maximum absolute atomic E-state index is 12.6. The van der Waals surface area contributed by atoms with Crippen molar-refractivity contribution in [1.82, 2.24) is 20.5 Å². The quantitative estimate of drug-likeness (QED) is 0.463. The van der Waals surface area contributed by atoms with Crippen LogP contribution in [0.5, 0.6) is 0 Å². The molecule has 152 valence electrons. The summed E-state index contributed by atoms with van der Waals surface area (Å²) in [5.41, 5.74) is 4.20. The van der Waals surface area contributed by atoms with Crippen molar-refractivity contribution in [2.24, 2.45) is 0 Å². The number of H-pyrrole nitrogens is 2. The molecule has 1 amide bonds. The summed E-state index contributed by atoms with van der Waals surface area (Å²) < 4.78 is 0. The van der Waals surface area contributed by atoms with Crippen molar-refractivity contribution < 1.29 is 4.79 Å². The smallest absolute Gasteiger partial charge is 0.271 e. The van der Waals surface area contributed by atoms with Gasteiger partial charge in [0.05, 0.1) is 0 Å². The van der Waals surface area contributed by atoms with Gasteiger partial charge in [0.1, 0.15) is 5.69 Å². The van der Waals surface area contributed by atoms with Crippen LogP contribution in [0.15, 0.2) is 71.7 Å². The van der Waals surface area contributed by atoms with Gasteiger partial charge in [-0.25, -0.2) is 5.10 Å². The number of aromatic nitrogens is 3. The number of aromatic amines is 2. The van der Waals surface area contributed by atoms with Gasteiger partial charge in [-0.05, 0) is 35.4 Å². The third-order valence-corrected chi connectivity index (χ3v) is 5.19. The van der Waals surface area contributed by atoms with E-state index in [1.165, 1.54) is 12.1 Å². The van der Waals surface area contributed by atoms with Gasteiger partial charge < -0.3 is 15.2 Å². The molecule has 30 heavy (non-hydrogen) atoms. The molecule has 0 spiro atoms. The van der Waals surface area contributed by atoms with Crippen molar-refractivity contribution in [3.8, 4) is 0 Å². The molecule has 0 aliphatic carbocycles. The van der Waals surface area contributed by atoms with E-state index in [-0.39, 0.29) is 23.1 Å². The fraction of sp³-hybridized carbons (Fsp3) is 0.174. The minimum absolute atomic E-state index is 0.0518. The Hall–Kier alpha value is -3.87. The first-order valence-electron chi connectivity index (χ1n) is 9.70. The van der Waals surface area contributed by atoms with Crippen LogP contribution in [0, 0.1) is 0 Å². The van der Waals surface area contributed by atoms with Gasteiger partial charge in [0.25, 0.3) is 11.5 Å². The fourth-order valence-corrected chi connectivity index (χ4v) is 3.55. The highest BCUT2D eigenvalue weighted by atomic mass is 16.2. The fourth-order valence-electron chi connectivity index (χ4n) is 3.55. The van der Waals surface area contributed by atoms with Crippen LogP contribution in [0.2, 0.25) is 0 Å². The molecule has 4 aromatic rings. The van der Waals surface area contributed by atoms with Crippen molar-refractivity contribution in [3.05, 3.63) is 94.0 Å². The summed E-state index contributed by atoms with van der Waals surface area (Å²) in [4.78, 5) is 29.1. The summed E-state index contributed by atoms with van der Waals surface area (Å²) >= 11 is 0. The number of para-hydroxylation sites is 1. The van der Waals surface area contributed by atoms with Crippen LogP contribution >= 0.6 is 0 Å². The Labute approximate surface area is 173 Å². The number of amides is 1. The molecule has 0 saturated carbocycles. The Bertz CT molecular complexity index is 1200. The van der Waals surface area contributed by atoms with Crippen LogP contribution in [0.4, 0.5) is 5.69 Å². The average molecular weight is 401 g/mol. The lowest BCUT2D eigenvalue weighted by Gasteiger charge is -2.20. The lowest BCUT2D eigenvalue weighted by Crippen LogP contribution is -2.30. The van der Waals surface area contributed by atoms with E-state index in [1.807, 2.05) is 43.4 Å². The molecule has 0 bridgehead atoms. The summed E-state index contributed by atoms with van der Waals surface area (Å²) in [5, 5.41) is 10.2. The van der Waals surface area contributed by atoms with Crippen molar-refractivity contribution in [2.45, 2.75) is 5.92 Å². The zero-order valence-electron chi connectivity index (χ0n) is 16.8. The highest BCUT2D eigenvalue weighted by Gasteiger charge is 2.20. The van der Waals surface area contributed by atoms with Gasteiger partial charge in [-0.15, -0.1) is 0 Å². The Morgan fingerprint density at radius 2 is 1.83 bits per heavy atom. The van der Waals surface area contributed by atoms with Crippen LogP contribution < -0.4 is 15.8 Å². The summed E-state index contributed by atoms with van der Waals surface area (Å²) in [6.45, 7) is 0.392. The average Bonchev–Trinajstić information content (AvgIpc) is 3.19. The molecule has 0 fully saturated rings. The number of hydrogen-bond donors (Lipinski definition) is 3. The van der Waals surface area contributed by atoms with E-state index in [0.717, 1.165) is 27.7 Å². The van der Waals surface area contributed by atoms with Gasteiger partial charge in [-0.2, -0.15) is 5.10 Å². The number of nitrogens with zero attached hydrogens (tertiary/aromatic N) is 2. The Morgan fingerprint density at radius 3 is 2.53 bits per heavy atom. The lowest BCUT2D eigenvalue weighted by atomic mass is 9.90. The second-order valence-electron chi connectivity index (χ2n) is 7.34. The zero-order chi connectivity index (χ0) is 21.1. The number of fused-ring (bicyclic) bond motifs is 1. The molecule has 1 atom stereocenters. The standard InChI is InChI=1S/C23H23N5O2/c1-28(2)16-9-7-15(8-10-16)18(19-14-24-20-6-4-3-5-17(19)20)13-25-23(30)21-11-12-22(29)27-26-21/h3-12,14,18,24H,13H2,1-2H3,(H,25,30)(H,27,29). The monoisotopic (exact) mass is 401 g/mol. The predicted molar refractivity (Wildman–Crippen MR) is 118 cm³/mol. The maximum atomic E-state index is 12.6. The molecule has 2 aromatic heterocycles. The maximum Gasteiger partial charge on any atom is 0.271 e. The molecule has 0 aliphatic heterocycles. The highest BCUT2D eigenvalue weighted by Crippen LogP contribution is 2.31. The molecule has 2 heterocycles. The summed E-state index contributed by atoms with van der Waals surface area (Å²) in [7, 11) is 4.01. The molecule has 3 N–H and O–H groups in total. The Kier molecular flexibility index (Phi) is 5.34. The number of benzene rings is 2. The molecule has 0 saturated heterocycles. The molecule has 7 nitrogen and oxygen atoms in total. The van der Waals surface area contributed by atoms with Gasteiger partial charge in [-0.3, -0.25) is 9.59 Å². The molecular weight excluding hydrogens is 378 g/mol. The van der Waals surface area contributed by atoms with Crippen molar-refractivity contribution in [2.75, 3.05) is 25.5 Å². The molecule has 1 unspecified atom stereocenters. The number of hydrogen-bond acceptors (Lipinski definition) is 4. The third kappa shape index (κ3) is 3.96. The first-order valence-corrected chi connectivity index (χ1v) is 9.70. The molecule has 4 rings (SSSR count). The third-order valence-electron chi connectivity index (χ3n) is 5.19. The zero-order valence-corrected chi connectivity index (χ0v) is 16.8. The van der Waals surface area contributed by atoms with Crippen molar-refractivity contribution >= 4 is 22.5 Å². The van der Waals surface area contributed by atoms with Gasteiger partial charge in [0, 0.05) is 55.4 Å². The van der Waals surface area contributed by atoms with Gasteiger partial charge in [0.15, 0.2) is 0 Å². The van der Waals surface area contributed by atoms with Crippen LogP contribution in [-0.2, 0) is 0 Å². The minimum Gasteiger partial charge on any atom is -0.378 e. The second-order valence-corrected chi connectivity index (χ2v) is 7.34. The second kappa shape index (κ2) is 8.24. The molecule has 0 radical (unpaired) electrons. The van der Waals surface area contributed by atoms with Crippen LogP contribution in [0.25, 0.3) is 10.9 Å². The largest absolute Gasteiger partial charge is 0.378 e. The Morgan fingerprint density at radius 1 is 1.07 bits per heavy atom. The minimum atomic E-state index is -0.343. The summed E-state index contributed by atoms with van der Waals surface area (Å²) in [5.74, 6) is -0.384. The number of rotatable bonds is 6. The summed E-state index contributed by atoms with van der Waals surface area (Å²) in [6, 6.07) is 19.1. The number of anilines is 1. The number of nitrogens with one attached hydrogen (secondary N) is 3. The number of carbonyl (C=O) groups is 1. The summed E-state index contributed by atoms with van der Waals surface area (Å²) in [6.07, 6.45) is 2.00. The van der Waals surface area contributed by atoms with E-state index >= 15 is 0 Å². The van der Waals surface area contributed by atoms with Gasteiger partial charge >= 0.3 is 0 Å². The van der Waals surface area contributed by atoms with Crippen LogP contribution in [0.3, 0.4) is 0 Å². The van der Waals surface area contributed by atoms with Gasteiger partial charge in [0.2, 0.25) is 0 Å². The van der Waals surface area contributed by atoms with E-state index in [2.05, 4.69) is 50.8 Å². The normalized spacial score (nSPS) is 11.9. The molecule has 7 heteroatoms. The van der Waals surface area contributed by atoms with Crippen LogP contribution in [0.1, 0.15) is 27.5 Å². The molecular formula is C23H23N5O2. The first kappa shape index (κ1) is 19.4. The topological polar surface area (TPSA) is 93.9 Å². The molecule has 2 aromatic carbocycles. The first-order chi connectivity index (χ1) is 14.5. The van der Waals surface area contributed by atoms with Crippen molar-refractivity contribution in [1.29, 1.82) is 0 Å². The lowest BCUT2D eigenvalue weighted by molar-refractivity contribution is 0.0946. The van der Waals surface area contributed by atoms with Crippen LogP contribution in [-0.4, -0.2) is 41.7 Å². The van der Waals surface area contributed by atoms with E-state index in [1.54, 1.807) is 0 Å². The SMILES string of the molecule is CN(C)c1ccc(C(CNC(=O)c2ccc(=O)[nH]n2)c2c[nH]c3ccccc23)cc1. The predicted octanol–water partition coefficient (Wildman–Crippen LogP) is 2.88. The van der Waals surface area contributed by atoms with E-state index in [9.17, 15) is 9.59 Å². The van der Waals surface area contributed by atoms with E-state index in [0.29, 0.717) is 6.54 Å². The number of carbonyl (C=O) groups excluding carboxylic acids is 1. The van der Waals surface area contributed by atoms with E-state index in [4.69, 9.17) is 0 Å².